The molecule has 0 spiro atoms. The summed E-state index contributed by atoms with van der Waals surface area (Å²) in [4.78, 5) is 39.0. The fourth-order valence-corrected chi connectivity index (χ4v) is 3.92. The number of hydrogen-bond donors (Lipinski definition) is 1. The predicted octanol–water partition coefficient (Wildman–Crippen LogP) is 3.56. The first-order valence-electron chi connectivity index (χ1n) is 10.1. The molecule has 0 fully saturated rings. The molecule has 3 rings (SSSR count). The highest BCUT2D eigenvalue weighted by Gasteiger charge is 2.31. The normalized spacial score (nSPS) is 15.0. The standard InChI is InChI=1S/C23H24F2N2O6/c1-13(28)27-9-8-14-6-4-5-7-15(14)18(27)12-21(29)26-17-11-20(33-23(24)25)19(31-2)10-16(17)22(30)32-3/h4-7,10-11,18,23H,8-9,12H2,1-3H3,(H,26,29). The van der Waals surface area contributed by atoms with E-state index < -0.39 is 24.5 Å². The number of halogens is 2. The number of ether oxygens (including phenoxy) is 3. The summed E-state index contributed by atoms with van der Waals surface area (Å²) in [6, 6.07) is 9.26. The Morgan fingerprint density at radius 2 is 1.88 bits per heavy atom. The number of amides is 2. The molecule has 2 aromatic rings. The number of fused-ring (bicyclic) bond motifs is 1. The Morgan fingerprint density at radius 3 is 2.52 bits per heavy atom. The fourth-order valence-electron chi connectivity index (χ4n) is 3.92. The minimum absolute atomic E-state index is 0.0817. The van der Waals surface area contributed by atoms with E-state index in [4.69, 9.17) is 9.47 Å². The molecule has 1 unspecified atom stereocenters. The topological polar surface area (TPSA) is 94.2 Å². The van der Waals surface area contributed by atoms with Crippen molar-refractivity contribution in [1.29, 1.82) is 0 Å². The maximum Gasteiger partial charge on any atom is 0.387 e. The van der Waals surface area contributed by atoms with Gasteiger partial charge in [0.15, 0.2) is 11.5 Å². The van der Waals surface area contributed by atoms with Gasteiger partial charge in [0.1, 0.15) is 0 Å². The van der Waals surface area contributed by atoms with E-state index in [-0.39, 0.29) is 35.1 Å². The van der Waals surface area contributed by atoms with Crippen LogP contribution in [0.3, 0.4) is 0 Å². The molecule has 1 N–H and O–H groups in total. The highest BCUT2D eigenvalue weighted by Crippen LogP contribution is 2.36. The second-order valence-corrected chi connectivity index (χ2v) is 7.35. The Hall–Kier alpha value is -3.69. The molecule has 1 aliphatic rings. The Kier molecular flexibility index (Phi) is 7.47. The lowest BCUT2D eigenvalue weighted by Gasteiger charge is -2.36. The van der Waals surface area contributed by atoms with E-state index in [0.717, 1.165) is 30.4 Å². The number of anilines is 1. The van der Waals surface area contributed by atoms with E-state index in [1.807, 2.05) is 24.3 Å². The fraction of sp³-hybridized carbons (Fsp3) is 0.348. The first-order chi connectivity index (χ1) is 15.7. The van der Waals surface area contributed by atoms with Gasteiger partial charge in [-0.15, -0.1) is 0 Å². The van der Waals surface area contributed by atoms with Crippen molar-refractivity contribution in [2.24, 2.45) is 0 Å². The molecule has 1 aliphatic heterocycles. The number of hydrogen-bond acceptors (Lipinski definition) is 6. The zero-order valence-corrected chi connectivity index (χ0v) is 18.4. The third-order valence-electron chi connectivity index (χ3n) is 5.39. The van der Waals surface area contributed by atoms with Crippen molar-refractivity contribution in [2.45, 2.75) is 32.4 Å². The highest BCUT2D eigenvalue weighted by molar-refractivity contribution is 6.02. The predicted molar refractivity (Wildman–Crippen MR) is 114 cm³/mol. The molecule has 2 amide bonds. The molecule has 1 atom stereocenters. The van der Waals surface area contributed by atoms with Gasteiger partial charge in [0, 0.05) is 25.6 Å². The Balaban J connectivity index is 1.92. The van der Waals surface area contributed by atoms with Crippen LogP contribution >= 0.6 is 0 Å². The molecule has 0 saturated carbocycles. The summed E-state index contributed by atoms with van der Waals surface area (Å²) in [6.07, 6.45) is 0.571. The molecule has 176 valence electrons. The van der Waals surface area contributed by atoms with Crippen LogP contribution < -0.4 is 14.8 Å². The summed E-state index contributed by atoms with van der Waals surface area (Å²) < 4.78 is 39.9. The summed E-state index contributed by atoms with van der Waals surface area (Å²) in [6.45, 7) is -1.24. The molecule has 33 heavy (non-hydrogen) atoms. The van der Waals surface area contributed by atoms with Gasteiger partial charge in [-0.3, -0.25) is 9.59 Å². The zero-order valence-electron chi connectivity index (χ0n) is 18.4. The second kappa shape index (κ2) is 10.3. The third kappa shape index (κ3) is 5.39. The number of alkyl halides is 2. The van der Waals surface area contributed by atoms with E-state index in [1.54, 1.807) is 4.90 Å². The van der Waals surface area contributed by atoms with E-state index in [1.165, 1.54) is 14.0 Å². The van der Waals surface area contributed by atoms with Gasteiger partial charge < -0.3 is 24.4 Å². The Bertz CT molecular complexity index is 1060. The van der Waals surface area contributed by atoms with Crippen LogP contribution in [0.25, 0.3) is 0 Å². The summed E-state index contributed by atoms with van der Waals surface area (Å²) in [5.74, 6) is -1.99. The van der Waals surface area contributed by atoms with Crippen molar-refractivity contribution in [3.8, 4) is 11.5 Å². The monoisotopic (exact) mass is 462 g/mol. The largest absolute Gasteiger partial charge is 0.493 e. The lowest BCUT2D eigenvalue weighted by atomic mass is 9.90. The lowest BCUT2D eigenvalue weighted by Crippen LogP contribution is -2.40. The lowest BCUT2D eigenvalue weighted by molar-refractivity contribution is -0.132. The smallest absolute Gasteiger partial charge is 0.387 e. The van der Waals surface area contributed by atoms with Gasteiger partial charge in [-0.05, 0) is 17.5 Å². The van der Waals surface area contributed by atoms with E-state index in [9.17, 15) is 23.2 Å². The molecule has 0 saturated heterocycles. The van der Waals surface area contributed by atoms with Crippen LogP contribution in [0, 0.1) is 0 Å². The van der Waals surface area contributed by atoms with Gasteiger partial charge in [0.25, 0.3) is 0 Å². The van der Waals surface area contributed by atoms with Gasteiger partial charge >= 0.3 is 12.6 Å². The van der Waals surface area contributed by atoms with Crippen molar-refractivity contribution in [3.63, 3.8) is 0 Å². The van der Waals surface area contributed by atoms with Crippen LogP contribution in [0.15, 0.2) is 36.4 Å². The molecular formula is C23H24F2N2O6. The molecule has 8 nitrogen and oxygen atoms in total. The van der Waals surface area contributed by atoms with Crippen LogP contribution in [-0.4, -0.2) is 50.1 Å². The minimum atomic E-state index is -3.14. The summed E-state index contributed by atoms with van der Waals surface area (Å²) in [5.41, 5.74) is 1.72. The van der Waals surface area contributed by atoms with Gasteiger partial charge in [-0.2, -0.15) is 8.78 Å². The van der Waals surface area contributed by atoms with Gasteiger partial charge in [0.2, 0.25) is 11.8 Å². The van der Waals surface area contributed by atoms with Crippen LogP contribution in [0.1, 0.15) is 40.9 Å². The number of nitrogens with zero attached hydrogens (tertiary/aromatic N) is 1. The number of benzene rings is 2. The van der Waals surface area contributed by atoms with Crippen molar-refractivity contribution in [2.75, 3.05) is 26.1 Å². The average molecular weight is 462 g/mol. The Morgan fingerprint density at radius 1 is 1.15 bits per heavy atom. The first-order valence-corrected chi connectivity index (χ1v) is 10.1. The van der Waals surface area contributed by atoms with Crippen LogP contribution in [0.4, 0.5) is 14.5 Å². The number of carbonyl (C=O) groups excluding carboxylic acids is 3. The molecule has 2 aromatic carbocycles. The van der Waals surface area contributed by atoms with Crippen LogP contribution in [0.2, 0.25) is 0 Å². The summed E-state index contributed by atoms with van der Waals surface area (Å²) in [5, 5.41) is 2.57. The average Bonchev–Trinajstić information content (AvgIpc) is 2.78. The Labute approximate surface area is 189 Å². The number of carbonyl (C=O) groups is 3. The molecule has 0 aromatic heterocycles. The summed E-state index contributed by atoms with van der Waals surface area (Å²) >= 11 is 0. The SMILES string of the molecule is COC(=O)c1cc(OC)c(OC(F)F)cc1NC(=O)CC1c2ccccc2CCN1C(C)=O. The molecule has 0 aliphatic carbocycles. The number of esters is 1. The zero-order chi connectivity index (χ0) is 24.1. The van der Waals surface area contributed by atoms with E-state index >= 15 is 0 Å². The highest BCUT2D eigenvalue weighted by atomic mass is 19.3. The maximum absolute atomic E-state index is 13.0. The quantitative estimate of drug-likeness (QED) is 0.633. The van der Waals surface area contributed by atoms with Crippen molar-refractivity contribution >= 4 is 23.5 Å². The van der Waals surface area contributed by atoms with Crippen LogP contribution in [-0.2, 0) is 20.7 Å². The van der Waals surface area contributed by atoms with Gasteiger partial charge in [-0.1, -0.05) is 24.3 Å². The molecular weight excluding hydrogens is 438 g/mol. The van der Waals surface area contributed by atoms with E-state index in [0.29, 0.717) is 13.0 Å². The molecule has 0 bridgehead atoms. The second-order valence-electron chi connectivity index (χ2n) is 7.35. The van der Waals surface area contributed by atoms with Crippen molar-refractivity contribution < 1.29 is 37.4 Å². The molecule has 0 radical (unpaired) electrons. The minimum Gasteiger partial charge on any atom is -0.493 e. The summed E-state index contributed by atoms with van der Waals surface area (Å²) in [7, 11) is 2.37. The number of methoxy groups -OCH3 is 2. The molecule has 10 heteroatoms. The number of rotatable bonds is 7. The molecule has 1 heterocycles. The number of nitrogens with one attached hydrogen (secondary N) is 1. The first kappa shape index (κ1) is 24.0. The van der Waals surface area contributed by atoms with Gasteiger partial charge in [0.05, 0.1) is 37.9 Å². The third-order valence-corrected chi connectivity index (χ3v) is 5.39. The van der Waals surface area contributed by atoms with Crippen LogP contribution in [0.5, 0.6) is 11.5 Å². The van der Waals surface area contributed by atoms with Gasteiger partial charge in [-0.25, -0.2) is 4.79 Å². The van der Waals surface area contributed by atoms with Crippen molar-refractivity contribution in [1.82, 2.24) is 4.90 Å². The van der Waals surface area contributed by atoms with E-state index in [2.05, 4.69) is 10.1 Å². The van der Waals surface area contributed by atoms with Crippen molar-refractivity contribution in [3.05, 3.63) is 53.1 Å². The maximum atomic E-state index is 13.0.